The first kappa shape index (κ1) is 30.5. The van der Waals surface area contributed by atoms with E-state index in [0.29, 0.717) is 66.8 Å². The maximum atomic E-state index is 11.7. The monoisotopic (exact) mass is 542 g/mol. The van der Waals surface area contributed by atoms with Gasteiger partial charge in [-0.1, -0.05) is 32.9 Å². The second kappa shape index (κ2) is 13.2. The molecule has 0 saturated carbocycles. The first-order valence-corrected chi connectivity index (χ1v) is 15.5. The zero-order valence-electron chi connectivity index (χ0n) is 23.0. The van der Waals surface area contributed by atoms with Crippen LogP contribution >= 0.6 is 0 Å². The summed E-state index contributed by atoms with van der Waals surface area (Å²) in [5, 5.41) is 6.56. The van der Waals surface area contributed by atoms with Gasteiger partial charge in [-0.05, 0) is 48.5 Å². The van der Waals surface area contributed by atoms with Gasteiger partial charge in [0.25, 0.3) is 0 Å². The molecule has 2 aromatic rings. The Hall–Kier alpha value is -3.70. The Morgan fingerprint density at radius 1 is 0.895 bits per heavy atom. The molecule has 0 saturated heterocycles. The van der Waals surface area contributed by atoms with Crippen molar-refractivity contribution < 1.29 is 18.8 Å². The average molecular weight is 543 g/mol. The van der Waals surface area contributed by atoms with Gasteiger partial charge in [-0.3, -0.25) is 9.59 Å². The smallest absolute Gasteiger partial charge is 0.248 e. The molecule has 10 N–H and O–H groups in total. The zero-order chi connectivity index (χ0) is 28.5. The summed E-state index contributed by atoms with van der Waals surface area (Å²) in [5.74, 6) is -0.649. The lowest BCUT2D eigenvalue weighted by molar-refractivity contribution is 0.0991. The summed E-state index contributed by atoms with van der Waals surface area (Å²) < 4.78 is 12.2. The molecule has 38 heavy (non-hydrogen) atoms. The molecular formula is C27H42N6O4Si. The molecule has 11 heteroatoms. The van der Waals surface area contributed by atoms with Crippen LogP contribution in [0.4, 0.5) is 22.7 Å². The first-order valence-electron chi connectivity index (χ1n) is 12.5. The molecule has 0 heterocycles. The number of carbonyl (C=O) groups is 2. The van der Waals surface area contributed by atoms with Crippen LogP contribution in [-0.2, 0) is 4.43 Å². The minimum Gasteiger partial charge on any atom is -0.491 e. The highest BCUT2D eigenvalue weighted by molar-refractivity contribution is 6.74. The lowest BCUT2D eigenvalue weighted by Crippen LogP contribution is -2.41. The number of nitrogen functional groups attached to an aromatic ring is 2. The van der Waals surface area contributed by atoms with Gasteiger partial charge in [-0.2, -0.15) is 0 Å². The predicted octanol–water partition coefficient (Wildman–Crippen LogP) is 3.92. The van der Waals surface area contributed by atoms with E-state index in [4.69, 9.17) is 32.1 Å². The molecule has 0 aliphatic rings. The minimum absolute atomic E-state index is 0.139. The molecule has 2 rings (SSSR count). The van der Waals surface area contributed by atoms with E-state index in [2.05, 4.69) is 44.5 Å². The average Bonchev–Trinajstić information content (AvgIpc) is 2.81. The highest BCUT2D eigenvalue weighted by Gasteiger charge is 2.36. The molecule has 208 valence electrons. The quantitative estimate of drug-likeness (QED) is 0.0898. The van der Waals surface area contributed by atoms with Crippen LogP contribution in [0.3, 0.4) is 0 Å². The van der Waals surface area contributed by atoms with Crippen molar-refractivity contribution in [2.75, 3.05) is 48.4 Å². The van der Waals surface area contributed by atoms with Crippen LogP contribution in [0, 0.1) is 0 Å². The highest BCUT2D eigenvalue weighted by atomic mass is 28.4. The number of rotatable bonds is 14. The van der Waals surface area contributed by atoms with E-state index in [-0.39, 0.29) is 10.6 Å². The van der Waals surface area contributed by atoms with E-state index in [1.54, 1.807) is 18.2 Å². The van der Waals surface area contributed by atoms with Gasteiger partial charge in [-0.25, -0.2) is 0 Å². The van der Waals surface area contributed by atoms with Gasteiger partial charge in [0, 0.05) is 37.2 Å². The molecule has 0 aliphatic heterocycles. The topological polar surface area (TPSA) is 181 Å². The van der Waals surface area contributed by atoms with Gasteiger partial charge in [-0.15, -0.1) is 0 Å². The van der Waals surface area contributed by atoms with Crippen molar-refractivity contribution in [3.8, 4) is 5.75 Å². The van der Waals surface area contributed by atoms with Crippen molar-refractivity contribution in [3.63, 3.8) is 0 Å². The highest BCUT2D eigenvalue weighted by Crippen LogP contribution is 2.37. The maximum Gasteiger partial charge on any atom is 0.248 e. The fourth-order valence-electron chi connectivity index (χ4n) is 3.24. The molecule has 0 aliphatic carbocycles. The fraction of sp³-hybridized carbons (Fsp3) is 0.407. The largest absolute Gasteiger partial charge is 0.491 e. The molecule has 0 fully saturated rings. The molecular weight excluding hydrogens is 500 g/mol. The second-order valence-electron chi connectivity index (χ2n) is 10.5. The number of hydrogen-bond donors (Lipinski definition) is 6. The number of benzene rings is 2. The van der Waals surface area contributed by atoms with Crippen molar-refractivity contribution in [1.82, 2.24) is 0 Å². The summed E-state index contributed by atoms with van der Waals surface area (Å²) in [5.41, 5.74) is 25.6. The minimum atomic E-state index is -1.83. The Balaban J connectivity index is 1.94. The summed E-state index contributed by atoms with van der Waals surface area (Å²) in [6, 6.07) is 7.99. The number of carbonyl (C=O) groups excluding carboxylic acids is 2. The Morgan fingerprint density at radius 3 is 2.08 bits per heavy atom. The van der Waals surface area contributed by atoms with Gasteiger partial charge in [0.1, 0.15) is 11.4 Å². The fourth-order valence-corrected chi connectivity index (χ4v) is 4.33. The van der Waals surface area contributed by atoms with Crippen molar-refractivity contribution in [1.29, 1.82) is 0 Å². The van der Waals surface area contributed by atoms with E-state index in [1.165, 1.54) is 12.1 Å². The molecule has 0 atom stereocenters. The number of nitrogens with two attached hydrogens (primary N) is 4. The molecule has 0 bridgehead atoms. The number of anilines is 4. The molecule has 0 spiro atoms. The van der Waals surface area contributed by atoms with Crippen molar-refractivity contribution >= 4 is 42.9 Å². The van der Waals surface area contributed by atoms with Crippen molar-refractivity contribution in [2.24, 2.45) is 11.5 Å². The van der Waals surface area contributed by atoms with E-state index in [9.17, 15) is 9.59 Å². The number of nitrogens with one attached hydrogen (secondary N) is 2. The summed E-state index contributed by atoms with van der Waals surface area (Å²) >= 11 is 0. The van der Waals surface area contributed by atoms with E-state index in [1.807, 2.05) is 12.2 Å². The van der Waals surface area contributed by atoms with Crippen molar-refractivity contribution in [2.45, 2.75) is 45.3 Å². The Bertz CT molecular complexity index is 1160. The molecule has 2 amide bonds. The van der Waals surface area contributed by atoms with Crippen molar-refractivity contribution in [3.05, 3.63) is 53.6 Å². The number of amides is 2. The predicted molar refractivity (Wildman–Crippen MR) is 158 cm³/mol. The summed E-state index contributed by atoms with van der Waals surface area (Å²) in [4.78, 5) is 23.0. The van der Waals surface area contributed by atoms with Crippen LogP contribution in [0.15, 0.2) is 42.5 Å². The van der Waals surface area contributed by atoms with Gasteiger partial charge in [0.05, 0.1) is 23.7 Å². The van der Waals surface area contributed by atoms with Crippen LogP contribution in [0.5, 0.6) is 5.75 Å². The first-order chi connectivity index (χ1) is 17.7. The Kier molecular flexibility index (Phi) is 10.6. The van der Waals surface area contributed by atoms with Crippen LogP contribution < -0.4 is 38.3 Å². The van der Waals surface area contributed by atoms with Crippen LogP contribution in [-0.4, -0.2) is 46.4 Å². The normalized spacial score (nSPS) is 11.9. The van der Waals surface area contributed by atoms with Gasteiger partial charge in [0.15, 0.2) is 8.32 Å². The van der Waals surface area contributed by atoms with E-state index >= 15 is 0 Å². The lowest BCUT2D eigenvalue weighted by Gasteiger charge is -2.36. The Morgan fingerprint density at radius 2 is 1.50 bits per heavy atom. The third kappa shape index (κ3) is 8.70. The lowest BCUT2D eigenvalue weighted by atomic mass is 10.1. The number of ether oxygens (including phenoxy) is 1. The third-order valence-corrected chi connectivity index (χ3v) is 11.1. The van der Waals surface area contributed by atoms with E-state index in [0.717, 1.165) is 0 Å². The summed E-state index contributed by atoms with van der Waals surface area (Å²) in [7, 11) is -1.83. The van der Waals surface area contributed by atoms with E-state index < -0.39 is 20.1 Å². The molecule has 0 radical (unpaired) electrons. The summed E-state index contributed by atoms with van der Waals surface area (Å²) in [6.07, 6.45) is 4.53. The molecule has 2 aromatic carbocycles. The Labute approximate surface area is 226 Å². The zero-order valence-corrected chi connectivity index (χ0v) is 24.0. The molecule has 0 unspecified atom stereocenters. The number of hydrogen-bond acceptors (Lipinski definition) is 8. The van der Waals surface area contributed by atoms with Gasteiger partial charge < -0.3 is 42.7 Å². The van der Waals surface area contributed by atoms with Crippen LogP contribution in [0.1, 0.15) is 47.9 Å². The van der Waals surface area contributed by atoms with Crippen LogP contribution in [0.2, 0.25) is 18.1 Å². The maximum absolute atomic E-state index is 11.7. The van der Waals surface area contributed by atoms with Gasteiger partial charge in [0.2, 0.25) is 11.8 Å². The standard InChI is InChI=1S/C27H42N6O4Si/c1-27(2,3)38(4,5)37-14-8-13-36-23-17-19(26(31)35)16-21(29)24(23)33-12-7-6-11-32-22-10-9-18(25(30)34)15-20(22)28/h6-7,9-10,15-17,32-33H,8,11-14,28-29H2,1-5H3,(H2,30,34)(H2,31,35)/b7-6+. The molecule has 10 nitrogen and oxygen atoms in total. The summed E-state index contributed by atoms with van der Waals surface area (Å²) in [6.45, 7) is 13.0. The second-order valence-corrected chi connectivity index (χ2v) is 15.3. The molecule has 0 aromatic heterocycles. The van der Waals surface area contributed by atoms with Crippen LogP contribution in [0.25, 0.3) is 0 Å². The SMILES string of the molecule is CC(C)(C)[Si](C)(C)OCCCOc1cc(C(N)=O)cc(N)c1NC/C=C/CNc1ccc(C(N)=O)cc1N. The van der Waals surface area contributed by atoms with Gasteiger partial charge >= 0.3 is 0 Å². The third-order valence-electron chi connectivity index (χ3n) is 6.54. The number of primary amides is 2.